The van der Waals surface area contributed by atoms with Crippen LogP contribution in [0, 0.1) is 0 Å². The van der Waals surface area contributed by atoms with Gasteiger partial charge in [-0.1, -0.05) is 0 Å². The zero-order chi connectivity index (χ0) is 5.98. The van der Waals surface area contributed by atoms with E-state index in [1.54, 1.807) is 0 Å². The summed E-state index contributed by atoms with van der Waals surface area (Å²) in [6.45, 7) is -2.62. The summed E-state index contributed by atoms with van der Waals surface area (Å²) < 4.78 is 22.9. The molecule has 3 nitrogen and oxygen atoms in total. The number of rotatable bonds is 1. The minimum absolute atomic E-state index is 0.333. The van der Waals surface area contributed by atoms with Gasteiger partial charge >= 0.3 is 6.55 Å². The number of hydrogen-bond acceptors (Lipinski definition) is 2. The van der Waals surface area contributed by atoms with Gasteiger partial charge in [-0.05, 0) is 0 Å². The third kappa shape index (κ3) is 0.800. The third-order valence-corrected chi connectivity index (χ3v) is 0.611. The summed E-state index contributed by atoms with van der Waals surface area (Å²) in [6.07, 6.45) is 2.40. The molecule has 0 aliphatic rings. The van der Waals surface area contributed by atoms with Crippen molar-refractivity contribution in [2.45, 2.75) is 6.55 Å². The Morgan fingerprint density at radius 3 is 2.00 bits per heavy atom. The van der Waals surface area contributed by atoms with Gasteiger partial charge < -0.3 is 0 Å². The van der Waals surface area contributed by atoms with Gasteiger partial charge in [0.1, 0.15) is 0 Å². The molecule has 0 amide bonds. The molecule has 1 aromatic rings. The van der Waals surface area contributed by atoms with Gasteiger partial charge in [0.05, 0.1) is 12.4 Å². The molecule has 5 heteroatoms. The van der Waals surface area contributed by atoms with Gasteiger partial charge in [-0.15, -0.1) is 4.80 Å². The fourth-order valence-electron chi connectivity index (χ4n) is 0.327. The summed E-state index contributed by atoms with van der Waals surface area (Å²) in [5, 5.41) is 6.34. The fraction of sp³-hybridized carbons (Fsp3) is 0.333. The van der Waals surface area contributed by atoms with Crippen molar-refractivity contribution in [2.75, 3.05) is 0 Å². The normalized spacial score (nSPS) is 10.4. The van der Waals surface area contributed by atoms with Crippen LogP contribution in [0.25, 0.3) is 0 Å². The molecular weight excluding hydrogens is 116 g/mol. The Kier molecular flexibility index (Phi) is 1.19. The summed E-state index contributed by atoms with van der Waals surface area (Å²) in [5.41, 5.74) is 0. The minimum Gasteiger partial charge on any atom is -0.182 e. The number of nitrogens with zero attached hydrogens (tertiary/aromatic N) is 3. The van der Waals surface area contributed by atoms with E-state index in [1.807, 2.05) is 0 Å². The highest BCUT2D eigenvalue weighted by atomic mass is 19.3. The van der Waals surface area contributed by atoms with Crippen LogP contribution < -0.4 is 0 Å². The van der Waals surface area contributed by atoms with Crippen LogP contribution in [0.4, 0.5) is 8.78 Å². The van der Waals surface area contributed by atoms with Crippen LogP contribution in [0.3, 0.4) is 0 Å². The van der Waals surface area contributed by atoms with Gasteiger partial charge in [-0.2, -0.15) is 19.0 Å². The lowest BCUT2D eigenvalue weighted by atomic mass is 11.0. The highest BCUT2D eigenvalue weighted by Crippen LogP contribution is 2.02. The molecule has 0 bridgehead atoms. The first kappa shape index (κ1) is 5.14. The zero-order valence-corrected chi connectivity index (χ0v) is 3.83. The van der Waals surface area contributed by atoms with Crippen molar-refractivity contribution in [3.8, 4) is 0 Å². The summed E-state index contributed by atoms with van der Waals surface area (Å²) in [7, 11) is 0. The van der Waals surface area contributed by atoms with E-state index in [-0.39, 0.29) is 0 Å². The van der Waals surface area contributed by atoms with E-state index in [9.17, 15) is 8.78 Å². The quantitative estimate of drug-likeness (QED) is 0.544. The van der Waals surface area contributed by atoms with Gasteiger partial charge in [0.25, 0.3) is 0 Å². The minimum atomic E-state index is -2.62. The highest BCUT2D eigenvalue weighted by Gasteiger charge is 2.03. The lowest BCUT2D eigenvalue weighted by molar-refractivity contribution is 0.0413. The maximum Gasteiger partial charge on any atom is 0.348 e. The van der Waals surface area contributed by atoms with Crippen molar-refractivity contribution in [3.63, 3.8) is 0 Å². The number of aromatic nitrogens is 3. The maximum atomic E-state index is 11.4. The van der Waals surface area contributed by atoms with Crippen molar-refractivity contribution in [1.29, 1.82) is 0 Å². The summed E-state index contributed by atoms with van der Waals surface area (Å²) in [5.74, 6) is 0. The molecule has 1 heterocycles. The monoisotopic (exact) mass is 119 g/mol. The lowest BCUT2D eigenvalue weighted by Gasteiger charge is -1.91. The molecule has 0 radical (unpaired) electrons. The van der Waals surface area contributed by atoms with E-state index in [0.717, 1.165) is 0 Å². The molecule has 44 valence electrons. The predicted molar refractivity (Wildman–Crippen MR) is 21.3 cm³/mol. The Balaban J connectivity index is 2.77. The molecule has 0 spiro atoms. The Labute approximate surface area is 43.9 Å². The van der Waals surface area contributed by atoms with Crippen LogP contribution in [0.5, 0.6) is 0 Å². The Bertz CT molecular complexity index is 148. The Hall–Kier alpha value is -1.00. The molecule has 0 atom stereocenters. The predicted octanol–water partition coefficient (Wildman–Crippen LogP) is 0.673. The van der Waals surface area contributed by atoms with Crippen molar-refractivity contribution in [3.05, 3.63) is 12.4 Å². The van der Waals surface area contributed by atoms with Crippen LogP contribution in [0.2, 0.25) is 0 Å². The molecule has 0 saturated heterocycles. The van der Waals surface area contributed by atoms with Gasteiger partial charge in [0, 0.05) is 0 Å². The van der Waals surface area contributed by atoms with Crippen LogP contribution in [0.15, 0.2) is 12.4 Å². The van der Waals surface area contributed by atoms with Crippen LogP contribution in [0.1, 0.15) is 6.55 Å². The number of hydrogen-bond donors (Lipinski definition) is 0. The molecule has 1 rings (SSSR count). The summed E-state index contributed by atoms with van der Waals surface area (Å²) in [4.78, 5) is 0.333. The smallest absolute Gasteiger partial charge is 0.182 e. The van der Waals surface area contributed by atoms with Gasteiger partial charge in [0.15, 0.2) is 0 Å². The first-order chi connectivity index (χ1) is 3.80. The lowest BCUT2D eigenvalue weighted by Crippen LogP contribution is -2.01. The second-order valence-electron chi connectivity index (χ2n) is 1.13. The fourth-order valence-corrected chi connectivity index (χ4v) is 0.327. The molecule has 0 unspecified atom stereocenters. The molecule has 0 aromatic carbocycles. The zero-order valence-electron chi connectivity index (χ0n) is 3.83. The average molecular weight is 119 g/mol. The van der Waals surface area contributed by atoms with Crippen molar-refractivity contribution in [1.82, 2.24) is 15.0 Å². The molecule has 1 aromatic heterocycles. The number of halogens is 2. The maximum absolute atomic E-state index is 11.4. The summed E-state index contributed by atoms with van der Waals surface area (Å²) in [6, 6.07) is 0. The van der Waals surface area contributed by atoms with Crippen LogP contribution >= 0.6 is 0 Å². The molecule has 0 saturated carbocycles. The summed E-state index contributed by atoms with van der Waals surface area (Å²) >= 11 is 0. The third-order valence-electron chi connectivity index (χ3n) is 0.611. The Morgan fingerprint density at radius 2 is 1.75 bits per heavy atom. The van der Waals surface area contributed by atoms with E-state index >= 15 is 0 Å². The van der Waals surface area contributed by atoms with Crippen LogP contribution in [-0.4, -0.2) is 15.0 Å². The topological polar surface area (TPSA) is 30.7 Å². The highest BCUT2D eigenvalue weighted by molar-refractivity contribution is 4.59. The van der Waals surface area contributed by atoms with Crippen molar-refractivity contribution in [2.24, 2.45) is 0 Å². The molecule has 8 heavy (non-hydrogen) atoms. The van der Waals surface area contributed by atoms with Gasteiger partial charge in [-0.3, -0.25) is 0 Å². The molecule has 0 aliphatic carbocycles. The largest absolute Gasteiger partial charge is 0.348 e. The molecule has 0 aliphatic heterocycles. The second kappa shape index (κ2) is 1.85. The van der Waals surface area contributed by atoms with Crippen LogP contribution in [-0.2, 0) is 0 Å². The Morgan fingerprint density at radius 1 is 1.25 bits per heavy atom. The molecule has 0 fully saturated rings. The average Bonchev–Trinajstić information content (AvgIpc) is 2.12. The first-order valence-corrected chi connectivity index (χ1v) is 1.94. The SMILES string of the molecule is FC(F)n1nccn1. The van der Waals surface area contributed by atoms with E-state index in [0.29, 0.717) is 4.80 Å². The van der Waals surface area contributed by atoms with E-state index in [2.05, 4.69) is 10.2 Å². The van der Waals surface area contributed by atoms with E-state index < -0.39 is 6.55 Å². The number of alkyl halides is 2. The van der Waals surface area contributed by atoms with Gasteiger partial charge in [0.2, 0.25) is 0 Å². The first-order valence-electron chi connectivity index (χ1n) is 1.94. The molecule has 0 N–H and O–H groups in total. The van der Waals surface area contributed by atoms with Crippen molar-refractivity contribution >= 4 is 0 Å². The van der Waals surface area contributed by atoms with E-state index in [1.165, 1.54) is 12.4 Å². The van der Waals surface area contributed by atoms with Crippen molar-refractivity contribution < 1.29 is 8.78 Å². The van der Waals surface area contributed by atoms with E-state index in [4.69, 9.17) is 0 Å². The molecular formula is C3H3F2N3. The second-order valence-corrected chi connectivity index (χ2v) is 1.13. The van der Waals surface area contributed by atoms with Gasteiger partial charge in [-0.25, -0.2) is 0 Å². The standard InChI is InChI=1S/C3H3F2N3/c4-3(5)8-6-1-2-7-8/h1-3H.